The van der Waals surface area contributed by atoms with Gasteiger partial charge in [-0.25, -0.2) is 12.4 Å². The summed E-state index contributed by atoms with van der Waals surface area (Å²) in [5.74, 6) is -0.754. The van der Waals surface area contributed by atoms with Gasteiger partial charge in [0.2, 0.25) is 0 Å². The average molecular weight is 335 g/mol. The summed E-state index contributed by atoms with van der Waals surface area (Å²) in [7, 11) is -0.0926. The van der Waals surface area contributed by atoms with Crippen LogP contribution in [0.5, 0.6) is 0 Å². The van der Waals surface area contributed by atoms with Crippen molar-refractivity contribution in [3.63, 3.8) is 0 Å². The van der Waals surface area contributed by atoms with Crippen LogP contribution in [0.25, 0.3) is 0 Å². The molecule has 0 saturated carbocycles. The first-order chi connectivity index (χ1) is 10.8. The highest BCUT2D eigenvalue weighted by Crippen LogP contribution is 2.21. The van der Waals surface area contributed by atoms with Crippen LogP contribution < -0.4 is 9.96 Å². The molecule has 0 saturated heterocycles. The monoisotopic (exact) mass is 335 g/mol. The lowest BCUT2D eigenvalue weighted by atomic mass is 10.3. The van der Waals surface area contributed by atoms with Gasteiger partial charge < -0.3 is 4.90 Å². The zero-order valence-corrected chi connectivity index (χ0v) is 13.6. The molecule has 7 nitrogen and oxygen atoms in total. The molecule has 0 unspecified atom stereocenters. The van der Waals surface area contributed by atoms with Gasteiger partial charge in [-0.05, 0) is 36.4 Å². The van der Waals surface area contributed by atoms with E-state index in [2.05, 4.69) is 6.58 Å². The molecule has 1 N–H and O–H groups in total. The summed E-state index contributed by atoms with van der Waals surface area (Å²) in [5, 5.41) is 9.96. The second kappa shape index (κ2) is 6.27. The molecule has 0 radical (unpaired) electrons. The molecular formula is C15H17N3O4S. The van der Waals surface area contributed by atoms with Gasteiger partial charge in [-0.3, -0.25) is 10.0 Å². The van der Waals surface area contributed by atoms with E-state index in [9.17, 15) is 18.4 Å². The maximum atomic E-state index is 12.5. The number of rotatable bonds is 5. The summed E-state index contributed by atoms with van der Waals surface area (Å²) in [4.78, 5) is 13.3. The molecule has 0 aliphatic rings. The SMILES string of the molecule is C=CC(=O)N(O)c1ccn(S(=O)(=O)c2ccc(N(C)C)cc2)c1. The van der Waals surface area contributed by atoms with Crippen LogP contribution in [0.4, 0.5) is 11.4 Å². The molecule has 0 aliphatic carbocycles. The summed E-state index contributed by atoms with van der Waals surface area (Å²) in [6, 6.07) is 7.69. The Balaban J connectivity index is 2.35. The van der Waals surface area contributed by atoms with Crippen molar-refractivity contribution in [3.8, 4) is 0 Å². The minimum atomic E-state index is -3.80. The van der Waals surface area contributed by atoms with Crippen molar-refractivity contribution in [2.24, 2.45) is 0 Å². The third-order valence-electron chi connectivity index (χ3n) is 3.21. The quantitative estimate of drug-likeness (QED) is 0.511. The Morgan fingerprint density at radius 2 is 1.78 bits per heavy atom. The zero-order valence-electron chi connectivity index (χ0n) is 12.7. The van der Waals surface area contributed by atoms with E-state index in [0.29, 0.717) is 5.06 Å². The second-order valence-corrected chi connectivity index (χ2v) is 6.79. The van der Waals surface area contributed by atoms with Crippen molar-refractivity contribution in [2.45, 2.75) is 4.90 Å². The standard InChI is InChI=1S/C15H17N3O4S/c1-4-15(19)18(20)13-9-10-17(11-13)23(21,22)14-7-5-12(6-8-14)16(2)3/h4-11,20H,1H2,2-3H3. The zero-order chi connectivity index (χ0) is 17.2. The number of benzene rings is 1. The molecule has 0 spiro atoms. The maximum absolute atomic E-state index is 12.5. The molecule has 1 amide bonds. The van der Waals surface area contributed by atoms with Crippen LogP contribution >= 0.6 is 0 Å². The highest BCUT2D eigenvalue weighted by atomic mass is 32.2. The Bertz CT molecular complexity index is 823. The molecule has 23 heavy (non-hydrogen) atoms. The van der Waals surface area contributed by atoms with E-state index in [4.69, 9.17) is 0 Å². The van der Waals surface area contributed by atoms with Crippen LogP contribution in [0.3, 0.4) is 0 Å². The number of hydroxylamine groups is 1. The average Bonchev–Trinajstić information content (AvgIpc) is 3.04. The Morgan fingerprint density at radius 1 is 1.17 bits per heavy atom. The van der Waals surface area contributed by atoms with Crippen molar-refractivity contribution >= 4 is 27.3 Å². The predicted molar refractivity (Wildman–Crippen MR) is 87.3 cm³/mol. The summed E-state index contributed by atoms with van der Waals surface area (Å²) in [5.41, 5.74) is 0.902. The third-order valence-corrected chi connectivity index (χ3v) is 4.86. The molecule has 0 aliphatic heterocycles. The number of amides is 1. The van der Waals surface area contributed by atoms with Crippen LogP contribution in [0.15, 0.2) is 60.3 Å². The van der Waals surface area contributed by atoms with Crippen molar-refractivity contribution in [3.05, 3.63) is 55.4 Å². The smallest absolute Gasteiger partial charge is 0.274 e. The maximum Gasteiger partial charge on any atom is 0.274 e. The van der Waals surface area contributed by atoms with Gasteiger partial charge in [-0.15, -0.1) is 0 Å². The van der Waals surface area contributed by atoms with Gasteiger partial charge in [0.05, 0.1) is 10.6 Å². The summed E-state index contributed by atoms with van der Waals surface area (Å²) >= 11 is 0. The number of hydrogen-bond acceptors (Lipinski definition) is 5. The van der Waals surface area contributed by atoms with Gasteiger partial charge in [0.1, 0.15) is 0 Å². The van der Waals surface area contributed by atoms with Crippen molar-refractivity contribution in [1.82, 2.24) is 3.97 Å². The highest BCUT2D eigenvalue weighted by molar-refractivity contribution is 7.90. The molecule has 0 bridgehead atoms. The Morgan fingerprint density at radius 3 is 2.30 bits per heavy atom. The van der Waals surface area contributed by atoms with E-state index in [1.165, 1.54) is 24.4 Å². The topological polar surface area (TPSA) is 82.9 Å². The fraction of sp³-hybridized carbons (Fsp3) is 0.133. The first-order valence-corrected chi connectivity index (χ1v) is 8.07. The van der Waals surface area contributed by atoms with E-state index in [1.54, 1.807) is 12.1 Å². The van der Waals surface area contributed by atoms with Gasteiger partial charge in [0.25, 0.3) is 15.9 Å². The van der Waals surface area contributed by atoms with Gasteiger partial charge in [-0.2, -0.15) is 5.06 Å². The summed E-state index contributed by atoms with van der Waals surface area (Å²) in [6.07, 6.45) is 3.33. The number of carbonyl (C=O) groups is 1. The van der Waals surface area contributed by atoms with Crippen LogP contribution in [-0.4, -0.2) is 37.6 Å². The number of hydrogen-bond donors (Lipinski definition) is 1. The van der Waals surface area contributed by atoms with Crippen molar-refractivity contribution in [1.29, 1.82) is 0 Å². The van der Waals surface area contributed by atoms with Crippen LogP contribution in [0.1, 0.15) is 0 Å². The first kappa shape index (κ1) is 16.8. The number of carbonyl (C=O) groups excluding carboxylic acids is 1. The normalized spacial score (nSPS) is 11.1. The van der Waals surface area contributed by atoms with Crippen molar-refractivity contribution in [2.75, 3.05) is 24.1 Å². The van der Waals surface area contributed by atoms with Gasteiger partial charge in [0.15, 0.2) is 0 Å². The fourth-order valence-electron chi connectivity index (χ4n) is 1.89. The predicted octanol–water partition coefficient (Wildman–Crippen LogP) is 1.70. The molecule has 122 valence electrons. The van der Waals surface area contributed by atoms with Crippen LogP contribution in [-0.2, 0) is 14.8 Å². The largest absolute Gasteiger partial charge is 0.378 e. The molecule has 0 atom stereocenters. The molecule has 1 aromatic carbocycles. The lowest BCUT2D eigenvalue weighted by Gasteiger charge is -2.13. The highest BCUT2D eigenvalue weighted by Gasteiger charge is 2.19. The lowest BCUT2D eigenvalue weighted by molar-refractivity contribution is -0.118. The third kappa shape index (κ3) is 3.27. The first-order valence-electron chi connectivity index (χ1n) is 6.63. The second-order valence-electron chi connectivity index (χ2n) is 4.95. The van der Waals surface area contributed by atoms with E-state index >= 15 is 0 Å². The molecular weight excluding hydrogens is 318 g/mol. The van der Waals surface area contributed by atoms with E-state index in [1.807, 2.05) is 19.0 Å². The van der Waals surface area contributed by atoms with E-state index in [-0.39, 0.29) is 10.6 Å². The number of nitrogens with zero attached hydrogens (tertiary/aromatic N) is 3. The summed E-state index contributed by atoms with van der Waals surface area (Å²) < 4.78 is 26.0. The van der Waals surface area contributed by atoms with Gasteiger partial charge in [0, 0.05) is 32.2 Å². The number of aromatic nitrogens is 1. The Kier molecular flexibility index (Phi) is 4.57. The van der Waals surface area contributed by atoms with Crippen molar-refractivity contribution < 1.29 is 18.4 Å². The molecule has 1 aromatic heterocycles. The van der Waals surface area contributed by atoms with E-state index < -0.39 is 15.9 Å². The lowest BCUT2D eigenvalue weighted by Crippen LogP contribution is -2.24. The summed E-state index contributed by atoms with van der Waals surface area (Å²) in [6.45, 7) is 3.25. The van der Waals surface area contributed by atoms with Crippen LogP contribution in [0, 0.1) is 0 Å². The molecule has 8 heteroatoms. The Labute approximate surface area is 134 Å². The minimum Gasteiger partial charge on any atom is -0.378 e. The van der Waals surface area contributed by atoms with E-state index in [0.717, 1.165) is 21.9 Å². The Hall–Kier alpha value is -2.58. The van der Waals surface area contributed by atoms with Gasteiger partial charge >= 0.3 is 0 Å². The number of anilines is 2. The van der Waals surface area contributed by atoms with Crippen LogP contribution in [0.2, 0.25) is 0 Å². The fourth-order valence-corrected chi connectivity index (χ4v) is 3.08. The van der Waals surface area contributed by atoms with Gasteiger partial charge in [-0.1, -0.05) is 6.58 Å². The molecule has 2 rings (SSSR count). The minimum absolute atomic E-state index is 0.0309. The molecule has 2 aromatic rings. The molecule has 1 heterocycles. The molecule has 0 fully saturated rings.